The van der Waals surface area contributed by atoms with E-state index >= 15 is 0 Å². The lowest BCUT2D eigenvalue weighted by atomic mass is 9.33. The van der Waals surface area contributed by atoms with Gasteiger partial charge < -0.3 is 43.8 Å². The molecule has 0 bridgehead atoms. The fourth-order valence-corrected chi connectivity index (χ4v) is 24.3. The lowest BCUT2D eigenvalue weighted by Gasteiger charge is -2.44. The monoisotopic (exact) mass is 1910 g/mol. The van der Waals surface area contributed by atoms with Crippen molar-refractivity contribution in [3.05, 3.63) is 582 Å². The van der Waals surface area contributed by atoms with E-state index in [0.29, 0.717) is 0 Å². The zero-order valence-corrected chi connectivity index (χ0v) is 82.2. The maximum Gasteiger partial charge on any atom is 0.252 e. The Morgan fingerprint density at radius 2 is 0.393 bits per heavy atom. The van der Waals surface area contributed by atoms with Crippen LogP contribution in [0.15, 0.2) is 582 Å². The van der Waals surface area contributed by atoms with Gasteiger partial charge in [0, 0.05) is 153 Å². The van der Waals surface area contributed by atoms with Gasteiger partial charge in [-0.05, 0) is 296 Å². The second-order valence-electron chi connectivity index (χ2n) is 38.9. The number of nitrogens with zero attached hydrogens (tertiary/aromatic N) is 9. The first-order chi connectivity index (χ1) is 74.5. The molecule has 6 aliphatic rings. The van der Waals surface area contributed by atoms with Gasteiger partial charge in [-0.1, -0.05) is 358 Å². The second-order valence-corrected chi connectivity index (χ2v) is 38.9. The summed E-state index contributed by atoms with van der Waals surface area (Å²) in [5, 5.41) is 2.50. The van der Waals surface area contributed by atoms with E-state index in [1.807, 2.05) is 0 Å². The molecule has 1 aromatic heterocycles. The Morgan fingerprint density at radius 3 is 0.780 bits per heavy atom. The highest BCUT2D eigenvalue weighted by Crippen LogP contribution is 2.53. The van der Waals surface area contributed by atoms with E-state index in [4.69, 9.17) is 0 Å². The molecular weight excluding hydrogens is 1820 g/mol. The first kappa shape index (κ1) is 88.2. The fraction of sp³-hybridized carbons (Fsp3) is 0. The van der Waals surface area contributed by atoms with E-state index in [9.17, 15) is 0 Å². The number of anilines is 24. The highest BCUT2D eigenvalue weighted by atomic mass is 15.2. The summed E-state index contributed by atoms with van der Waals surface area (Å²) in [6, 6.07) is 211. The van der Waals surface area contributed by atoms with Crippen molar-refractivity contribution in [2.75, 3.05) is 39.2 Å². The van der Waals surface area contributed by atoms with Crippen molar-refractivity contribution in [3.63, 3.8) is 0 Å². The van der Waals surface area contributed by atoms with Crippen molar-refractivity contribution in [3.8, 4) is 27.9 Å². The van der Waals surface area contributed by atoms with Gasteiger partial charge in [-0.15, -0.1) is 0 Å². The summed E-state index contributed by atoms with van der Waals surface area (Å²) < 4.78 is 2.43. The molecule has 0 unspecified atom stereocenters. The van der Waals surface area contributed by atoms with E-state index in [2.05, 4.69) is 626 Å². The van der Waals surface area contributed by atoms with Crippen LogP contribution in [0.25, 0.3) is 49.7 Å². The molecule has 150 heavy (non-hydrogen) atoms. The van der Waals surface area contributed by atoms with Gasteiger partial charge in [-0.2, -0.15) is 0 Å². The molecule has 0 saturated carbocycles. The Morgan fingerprint density at radius 1 is 0.133 bits per heavy atom. The van der Waals surface area contributed by atoms with Crippen molar-refractivity contribution >= 4 is 228 Å². The van der Waals surface area contributed by atoms with Gasteiger partial charge in [0.2, 0.25) is 0 Å². The second kappa shape index (κ2) is 37.6. The Hall–Kier alpha value is -19.5. The molecular formula is C138H96B3N9. The summed E-state index contributed by atoms with van der Waals surface area (Å²) in [6.07, 6.45) is 0. The van der Waals surface area contributed by atoms with Crippen LogP contribution in [0.4, 0.5) is 136 Å². The van der Waals surface area contributed by atoms with E-state index in [1.165, 1.54) is 173 Å². The van der Waals surface area contributed by atoms with Crippen molar-refractivity contribution in [1.82, 2.24) is 4.57 Å². The summed E-state index contributed by atoms with van der Waals surface area (Å²) in [6.45, 7) is 0.180. The standard InChI is InChI=1S/C54H37BN4.C54H38BN3.C30H21BN2/c1-6-19-38(20-7-1)56(39-21-8-2-9-22-39)43-33-34-46-52(35-43)58(41-25-12-4-13-26-41)49-31-18-32-50-54(49)55(46)47-36-45-44-29-16-17-30-48(44)57(40-23-10-3-11-24-40)51(45)37-53(47)59(50)42-27-14-5-15-28-42;1-6-18-39(19-7-1)41-22-16-29-46(36-41)58-51-31-17-30-50-54(51)55(48-34-32-42(37-52(48)58)40-20-8-2-9-21-40)49-35-33-47(38-53(49)57(50)45-27-14-5-15-28-45)56(43-23-10-3-11-24-43)44-25-12-4-13-26-44;1-3-12-22(13-4-1)32-26-18-9-7-16-24(26)31-25-17-8-10-19-27(25)33(23-14-5-2-6-15-23)29-21-11-20-28(32)30(29)31/h1-37H;1-38H;1-21H. The topological polar surface area (TPSA) is 30.9 Å². The molecule has 0 aliphatic carbocycles. The molecule has 12 heteroatoms. The van der Waals surface area contributed by atoms with Gasteiger partial charge in [0.25, 0.3) is 20.1 Å². The van der Waals surface area contributed by atoms with Crippen LogP contribution in [0.2, 0.25) is 0 Å². The Kier molecular flexibility index (Phi) is 22.1. The average Bonchev–Trinajstić information content (AvgIpc) is 0.968. The van der Waals surface area contributed by atoms with Crippen molar-refractivity contribution in [1.29, 1.82) is 0 Å². The smallest absolute Gasteiger partial charge is 0.252 e. The van der Waals surface area contributed by atoms with Crippen LogP contribution in [-0.4, -0.2) is 24.7 Å². The zero-order valence-electron chi connectivity index (χ0n) is 82.2. The van der Waals surface area contributed by atoms with E-state index in [1.54, 1.807) is 0 Å². The third kappa shape index (κ3) is 15.0. The van der Waals surface area contributed by atoms with Gasteiger partial charge in [0.05, 0.1) is 11.0 Å². The highest BCUT2D eigenvalue weighted by molar-refractivity contribution is 7.02. The molecule has 6 aliphatic heterocycles. The molecule has 9 nitrogen and oxygen atoms in total. The molecule has 23 aromatic carbocycles. The maximum atomic E-state index is 2.50. The van der Waals surface area contributed by atoms with Crippen LogP contribution in [0.1, 0.15) is 0 Å². The summed E-state index contributed by atoms with van der Waals surface area (Å²) in [5.74, 6) is 0. The summed E-state index contributed by atoms with van der Waals surface area (Å²) in [4.78, 5) is 19.5. The minimum absolute atomic E-state index is 0.00509. The summed E-state index contributed by atoms with van der Waals surface area (Å²) in [7, 11) is 0. The molecule has 0 fully saturated rings. The van der Waals surface area contributed by atoms with Crippen LogP contribution in [0.5, 0.6) is 0 Å². The molecule has 0 atom stereocenters. The third-order valence-electron chi connectivity index (χ3n) is 30.5. The molecule has 0 amide bonds. The number of benzene rings is 23. The fourth-order valence-electron chi connectivity index (χ4n) is 24.3. The number of para-hydroxylation sites is 13. The summed E-state index contributed by atoms with van der Waals surface area (Å²) in [5.41, 5.74) is 48.2. The molecule has 7 heterocycles. The predicted octanol–water partition coefficient (Wildman–Crippen LogP) is 30.7. The first-order valence-corrected chi connectivity index (χ1v) is 51.7. The molecule has 0 saturated heterocycles. The van der Waals surface area contributed by atoms with Gasteiger partial charge in [-0.25, -0.2) is 0 Å². The van der Waals surface area contributed by atoms with Crippen molar-refractivity contribution in [2.24, 2.45) is 0 Å². The molecule has 0 N–H and O–H groups in total. The molecule has 24 aromatic rings. The third-order valence-corrected chi connectivity index (χ3v) is 30.5. The van der Waals surface area contributed by atoms with E-state index < -0.39 is 0 Å². The van der Waals surface area contributed by atoms with Gasteiger partial charge in [-0.3, -0.25) is 0 Å². The molecule has 0 radical (unpaired) electrons. The summed E-state index contributed by atoms with van der Waals surface area (Å²) >= 11 is 0. The number of fused-ring (bicyclic) bond motifs is 15. The molecule has 702 valence electrons. The van der Waals surface area contributed by atoms with Gasteiger partial charge in [0.1, 0.15) is 0 Å². The Labute approximate surface area is 875 Å². The Balaban J connectivity index is 0.000000112. The largest absolute Gasteiger partial charge is 0.311 e. The zero-order chi connectivity index (χ0) is 99.1. The number of rotatable bonds is 15. The lowest BCUT2D eigenvalue weighted by molar-refractivity contribution is 1.18. The first-order valence-electron chi connectivity index (χ1n) is 51.7. The lowest BCUT2D eigenvalue weighted by Crippen LogP contribution is -2.61. The SMILES string of the molecule is c1ccc(-c2cccc(N3c4cc(-c5ccccc5)ccc4B4c5ccc(N(c6ccccc6)c6ccccc6)cc5N(c5ccccc5)c5cccc3c54)c2)cc1.c1ccc(N(c2ccccc2)c2ccc3c(c2)N(c2ccccc2)c2cccc4c2B3c2cc3c5ccccc5n(-c5ccccc5)c3cc2N4c2ccccc2)cc1.c1ccc(N2c3ccccc3B3c4ccccc4N(c4ccccc4)c4cccc2c43)cc1. The number of aromatic nitrogens is 1. The predicted molar refractivity (Wildman–Crippen MR) is 636 cm³/mol. The highest BCUT2D eigenvalue weighted by Gasteiger charge is 2.48. The van der Waals surface area contributed by atoms with Gasteiger partial charge in [0.15, 0.2) is 0 Å². The normalized spacial score (nSPS) is 12.7. The van der Waals surface area contributed by atoms with Crippen LogP contribution in [0, 0.1) is 0 Å². The van der Waals surface area contributed by atoms with Crippen LogP contribution in [-0.2, 0) is 0 Å². The average molecular weight is 1910 g/mol. The van der Waals surface area contributed by atoms with Crippen LogP contribution in [0.3, 0.4) is 0 Å². The van der Waals surface area contributed by atoms with Crippen molar-refractivity contribution in [2.45, 2.75) is 0 Å². The minimum Gasteiger partial charge on any atom is -0.311 e. The minimum atomic E-state index is -0.0229. The van der Waals surface area contributed by atoms with Crippen LogP contribution < -0.4 is 88.4 Å². The number of hydrogen-bond acceptors (Lipinski definition) is 8. The number of hydrogen-bond donors (Lipinski definition) is 0. The van der Waals surface area contributed by atoms with Crippen LogP contribution >= 0.6 is 0 Å². The van der Waals surface area contributed by atoms with Crippen molar-refractivity contribution < 1.29 is 0 Å². The van der Waals surface area contributed by atoms with E-state index in [0.717, 1.165) is 62.6 Å². The molecule has 0 spiro atoms. The maximum absolute atomic E-state index is 2.50. The molecule has 30 rings (SSSR count). The quantitative estimate of drug-likeness (QED) is 0.0939. The Bertz CT molecular complexity index is 9000. The van der Waals surface area contributed by atoms with Gasteiger partial charge >= 0.3 is 0 Å². The van der Waals surface area contributed by atoms with E-state index in [-0.39, 0.29) is 20.1 Å².